The molecule has 1 saturated heterocycles. The van der Waals surface area contributed by atoms with E-state index in [0.29, 0.717) is 0 Å². The molecule has 2 N–H and O–H groups in total. The number of amides is 2. The van der Waals surface area contributed by atoms with Crippen LogP contribution in [-0.2, 0) is 19.8 Å². The zero-order chi connectivity index (χ0) is 13.4. The minimum Gasteiger partial charge on any atom is -0.444 e. The van der Waals surface area contributed by atoms with Crippen molar-refractivity contribution in [2.75, 3.05) is 6.54 Å². The summed E-state index contributed by atoms with van der Waals surface area (Å²) in [6, 6.07) is -0.980. The van der Waals surface area contributed by atoms with E-state index in [0.717, 1.165) is 0 Å². The molecule has 8 nitrogen and oxygen atoms in total. The number of ether oxygens (including phenoxy) is 1. The van der Waals surface area contributed by atoms with Crippen LogP contribution >= 0.6 is 0 Å². The van der Waals surface area contributed by atoms with Crippen LogP contribution in [0, 0.1) is 0 Å². The number of alkyl carbamates (subject to hydrolysis) is 1. The Hall–Kier alpha value is -1.35. The Labute approximate surface area is 98.8 Å². The molecule has 1 heterocycles. The van der Waals surface area contributed by atoms with E-state index in [1.54, 1.807) is 20.8 Å². The predicted octanol–water partition coefficient (Wildman–Crippen LogP) is -0.475. The number of nitrogens with zero attached hydrogens (tertiary/aromatic N) is 1. The molecular weight excluding hydrogens is 252 g/mol. The third-order valence-electron chi connectivity index (χ3n) is 1.86. The quantitative estimate of drug-likeness (QED) is 0.516. The van der Waals surface area contributed by atoms with E-state index >= 15 is 0 Å². The van der Waals surface area contributed by atoms with Crippen molar-refractivity contribution in [3.8, 4) is 0 Å². The lowest BCUT2D eigenvalue weighted by Gasteiger charge is -2.35. The van der Waals surface area contributed by atoms with E-state index in [9.17, 15) is 18.0 Å². The van der Waals surface area contributed by atoms with E-state index in [1.807, 2.05) is 0 Å². The summed E-state index contributed by atoms with van der Waals surface area (Å²) < 4.78 is 34.9. The van der Waals surface area contributed by atoms with Crippen molar-refractivity contribution in [1.29, 1.82) is 0 Å². The fraction of sp³-hybridized carbons (Fsp3) is 0.750. The standard InChI is InChI=1S/C8H14N2O6S/c1-8(2,3)16-7(12)9-5-4-10(6(5)11)17(13,14)15/h5H,4H2,1-3H3,(H,9,12)(H,13,14,15)/t5-/m0/s1. The maximum absolute atomic E-state index is 11.2. The Balaban J connectivity index is 2.48. The molecule has 1 aliphatic rings. The first-order valence-electron chi connectivity index (χ1n) is 4.79. The van der Waals surface area contributed by atoms with E-state index < -0.39 is 33.9 Å². The highest BCUT2D eigenvalue weighted by Crippen LogP contribution is 2.15. The Morgan fingerprint density at radius 2 is 2.06 bits per heavy atom. The van der Waals surface area contributed by atoms with Crippen LogP contribution in [0.1, 0.15) is 20.8 Å². The predicted molar refractivity (Wildman–Crippen MR) is 56.4 cm³/mol. The van der Waals surface area contributed by atoms with Gasteiger partial charge in [0.05, 0.1) is 6.54 Å². The zero-order valence-corrected chi connectivity index (χ0v) is 10.4. The molecule has 1 rings (SSSR count). The number of nitrogens with one attached hydrogen (secondary N) is 1. The van der Waals surface area contributed by atoms with Gasteiger partial charge in [-0.05, 0) is 20.8 Å². The molecule has 2 amide bonds. The number of hydrogen-bond acceptors (Lipinski definition) is 5. The molecule has 17 heavy (non-hydrogen) atoms. The largest absolute Gasteiger partial charge is 0.444 e. The number of carbonyl (C=O) groups is 2. The average molecular weight is 266 g/mol. The molecule has 0 radical (unpaired) electrons. The van der Waals surface area contributed by atoms with Gasteiger partial charge in [-0.1, -0.05) is 0 Å². The third-order valence-corrected chi connectivity index (χ3v) is 2.75. The second-order valence-electron chi connectivity index (χ2n) is 4.55. The zero-order valence-electron chi connectivity index (χ0n) is 9.63. The van der Waals surface area contributed by atoms with Crippen molar-refractivity contribution in [1.82, 2.24) is 9.62 Å². The van der Waals surface area contributed by atoms with Crippen LogP contribution < -0.4 is 5.32 Å². The van der Waals surface area contributed by atoms with Crippen molar-refractivity contribution in [3.63, 3.8) is 0 Å². The molecule has 0 aromatic heterocycles. The van der Waals surface area contributed by atoms with Gasteiger partial charge < -0.3 is 10.1 Å². The first-order valence-corrected chi connectivity index (χ1v) is 6.19. The van der Waals surface area contributed by atoms with Crippen LogP contribution in [0.25, 0.3) is 0 Å². The van der Waals surface area contributed by atoms with Gasteiger partial charge in [0.1, 0.15) is 11.6 Å². The maximum Gasteiger partial charge on any atom is 0.408 e. The molecule has 0 unspecified atom stereocenters. The van der Waals surface area contributed by atoms with Crippen LogP contribution in [0.3, 0.4) is 0 Å². The van der Waals surface area contributed by atoms with Crippen molar-refractivity contribution in [2.24, 2.45) is 0 Å². The highest BCUT2D eigenvalue weighted by atomic mass is 32.2. The van der Waals surface area contributed by atoms with E-state index in [2.05, 4.69) is 5.32 Å². The van der Waals surface area contributed by atoms with Gasteiger partial charge in [-0.25, -0.2) is 9.10 Å². The van der Waals surface area contributed by atoms with Gasteiger partial charge in [-0.2, -0.15) is 8.42 Å². The van der Waals surface area contributed by atoms with Crippen molar-refractivity contribution >= 4 is 22.3 Å². The molecule has 1 aliphatic heterocycles. The molecule has 0 aromatic carbocycles. The monoisotopic (exact) mass is 266 g/mol. The van der Waals surface area contributed by atoms with E-state index in [1.165, 1.54) is 0 Å². The molecule has 1 atom stereocenters. The number of β-lactam (4-membered cyclic amide) rings is 1. The number of hydrogen-bond donors (Lipinski definition) is 2. The second-order valence-corrected chi connectivity index (χ2v) is 5.88. The van der Waals surface area contributed by atoms with E-state index in [-0.39, 0.29) is 10.8 Å². The summed E-state index contributed by atoms with van der Waals surface area (Å²) in [6.07, 6.45) is -0.814. The molecule has 0 bridgehead atoms. The Morgan fingerprint density at radius 3 is 2.41 bits per heavy atom. The highest BCUT2D eigenvalue weighted by molar-refractivity contribution is 7.84. The fourth-order valence-electron chi connectivity index (χ4n) is 1.16. The van der Waals surface area contributed by atoms with Crippen molar-refractivity contribution < 1.29 is 27.3 Å². The minimum absolute atomic E-state index is 0.259. The SMILES string of the molecule is CC(C)(C)OC(=O)N[C@H]1CN(S(=O)(=O)O)C1=O. The molecule has 0 saturated carbocycles. The van der Waals surface area contributed by atoms with Crippen molar-refractivity contribution in [2.45, 2.75) is 32.4 Å². The first-order chi connectivity index (χ1) is 7.50. The molecule has 0 aliphatic carbocycles. The van der Waals surface area contributed by atoms with Gasteiger partial charge >= 0.3 is 16.4 Å². The summed E-state index contributed by atoms with van der Waals surface area (Å²) in [7, 11) is -4.53. The smallest absolute Gasteiger partial charge is 0.408 e. The summed E-state index contributed by atoms with van der Waals surface area (Å²) in [5.74, 6) is -0.890. The lowest BCUT2D eigenvalue weighted by molar-refractivity contribution is -0.137. The highest BCUT2D eigenvalue weighted by Gasteiger charge is 2.44. The normalized spacial score (nSPS) is 20.8. The summed E-state index contributed by atoms with van der Waals surface area (Å²) in [5.41, 5.74) is -0.709. The molecular formula is C8H14N2O6S. The minimum atomic E-state index is -4.53. The van der Waals surface area contributed by atoms with Gasteiger partial charge in [-0.15, -0.1) is 0 Å². The molecule has 0 spiro atoms. The summed E-state index contributed by atoms with van der Waals surface area (Å²) in [4.78, 5) is 22.5. The second kappa shape index (κ2) is 4.15. The fourth-order valence-corrected chi connectivity index (χ4v) is 1.85. The first kappa shape index (κ1) is 13.7. The van der Waals surface area contributed by atoms with E-state index in [4.69, 9.17) is 9.29 Å². The van der Waals surface area contributed by atoms with Crippen LogP contribution in [0.5, 0.6) is 0 Å². The lowest BCUT2D eigenvalue weighted by atomic mass is 10.1. The van der Waals surface area contributed by atoms with Crippen molar-refractivity contribution in [3.05, 3.63) is 0 Å². The lowest BCUT2D eigenvalue weighted by Crippen LogP contribution is -2.65. The molecule has 1 fully saturated rings. The summed E-state index contributed by atoms with van der Waals surface area (Å²) in [6.45, 7) is 4.66. The van der Waals surface area contributed by atoms with Gasteiger partial charge in [0, 0.05) is 0 Å². The Kier molecular flexibility index (Phi) is 3.35. The third kappa shape index (κ3) is 3.56. The Bertz CT molecular complexity index is 437. The maximum atomic E-state index is 11.2. The topological polar surface area (TPSA) is 113 Å². The Morgan fingerprint density at radius 1 is 1.53 bits per heavy atom. The average Bonchev–Trinajstić information content (AvgIpc) is 2.05. The van der Waals surface area contributed by atoms with Gasteiger partial charge in [0.15, 0.2) is 0 Å². The van der Waals surface area contributed by atoms with Gasteiger partial charge in [0.25, 0.3) is 5.91 Å². The molecule has 9 heteroatoms. The number of carbonyl (C=O) groups excluding carboxylic acids is 2. The summed E-state index contributed by atoms with van der Waals surface area (Å²) >= 11 is 0. The summed E-state index contributed by atoms with van der Waals surface area (Å²) in [5, 5.41) is 2.20. The molecule has 98 valence electrons. The van der Waals surface area contributed by atoms with Crippen LogP contribution in [-0.4, -0.2) is 47.5 Å². The van der Waals surface area contributed by atoms with Crippen LogP contribution in [0.15, 0.2) is 0 Å². The molecule has 0 aromatic rings. The number of rotatable bonds is 2. The van der Waals surface area contributed by atoms with Crippen LogP contribution in [0.4, 0.5) is 4.79 Å². The van der Waals surface area contributed by atoms with Gasteiger partial charge in [-0.3, -0.25) is 9.35 Å². The van der Waals surface area contributed by atoms with Gasteiger partial charge in [0.2, 0.25) is 0 Å². The van der Waals surface area contributed by atoms with Crippen LogP contribution in [0.2, 0.25) is 0 Å².